The minimum absolute atomic E-state index is 0.0573. The van der Waals surface area contributed by atoms with Gasteiger partial charge in [0.2, 0.25) is 5.91 Å². The number of hydrogen-bond acceptors (Lipinski definition) is 7. The van der Waals surface area contributed by atoms with Crippen molar-refractivity contribution in [3.63, 3.8) is 0 Å². The summed E-state index contributed by atoms with van der Waals surface area (Å²) < 4.78 is 31.6. The van der Waals surface area contributed by atoms with Gasteiger partial charge in [0.05, 0.1) is 22.2 Å². The Morgan fingerprint density at radius 3 is 2.47 bits per heavy atom. The lowest BCUT2D eigenvalue weighted by atomic mass is 10.3. The molecule has 0 fully saturated rings. The molecule has 0 aliphatic rings. The SMILES string of the molecule is COc1ccc2nc(N(CCN(C)C)C(=O)CS(=O)(=O)c3ccc(Cl)cc3)sc2c1. The fourth-order valence-corrected chi connectivity index (χ4v) is 5.09. The molecule has 0 radical (unpaired) electrons. The number of halogens is 1. The van der Waals surface area contributed by atoms with E-state index >= 15 is 0 Å². The Kier molecular flexibility index (Phi) is 6.97. The van der Waals surface area contributed by atoms with E-state index in [4.69, 9.17) is 16.3 Å². The van der Waals surface area contributed by atoms with Gasteiger partial charge in [-0.25, -0.2) is 13.4 Å². The van der Waals surface area contributed by atoms with E-state index in [9.17, 15) is 13.2 Å². The lowest BCUT2D eigenvalue weighted by Crippen LogP contribution is -2.40. The Morgan fingerprint density at radius 2 is 1.83 bits per heavy atom. The average Bonchev–Trinajstić information content (AvgIpc) is 3.10. The first-order valence-electron chi connectivity index (χ1n) is 9.07. The highest BCUT2D eigenvalue weighted by Gasteiger charge is 2.26. The van der Waals surface area contributed by atoms with Gasteiger partial charge in [-0.15, -0.1) is 0 Å². The van der Waals surface area contributed by atoms with Gasteiger partial charge >= 0.3 is 0 Å². The van der Waals surface area contributed by atoms with Crippen LogP contribution in [0.2, 0.25) is 5.02 Å². The van der Waals surface area contributed by atoms with Gasteiger partial charge in [-0.05, 0) is 56.6 Å². The van der Waals surface area contributed by atoms with Crippen molar-refractivity contribution in [3.05, 3.63) is 47.5 Å². The summed E-state index contributed by atoms with van der Waals surface area (Å²) in [5, 5.41) is 0.884. The van der Waals surface area contributed by atoms with Crippen molar-refractivity contribution in [1.82, 2.24) is 9.88 Å². The molecule has 0 N–H and O–H groups in total. The molecule has 0 bridgehead atoms. The van der Waals surface area contributed by atoms with Crippen molar-refractivity contribution in [3.8, 4) is 5.75 Å². The number of fused-ring (bicyclic) bond motifs is 1. The van der Waals surface area contributed by atoms with Crippen LogP contribution in [0.3, 0.4) is 0 Å². The second kappa shape index (κ2) is 9.30. The molecule has 0 saturated carbocycles. The first-order valence-corrected chi connectivity index (χ1v) is 11.9. The van der Waals surface area contributed by atoms with E-state index in [-0.39, 0.29) is 4.90 Å². The number of rotatable bonds is 8. The van der Waals surface area contributed by atoms with Gasteiger partial charge in [-0.2, -0.15) is 0 Å². The third-order valence-electron chi connectivity index (χ3n) is 4.37. The molecule has 7 nitrogen and oxygen atoms in total. The van der Waals surface area contributed by atoms with Gasteiger partial charge in [0.15, 0.2) is 15.0 Å². The van der Waals surface area contributed by atoms with Crippen LogP contribution in [0.25, 0.3) is 10.2 Å². The minimum atomic E-state index is -3.82. The molecule has 0 atom stereocenters. The summed E-state index contributed by atoms with van der Waals surface area (Å²) in [7, 11) is 1.54. The van der Waals surface area contributed by atoms with Gasteiger partial charge in [-0.1, -0.05) is 22.9 Å². The van der Waals surface area contributed by atoms with Gasteiger partial charge in [0, 0.05) is 18.1 Å². The summed E-state index contributed by atoms with van der Waals surface area (Å²) >= 11 is 7.16. The van der Waals surface area contributed by atoms with E-state index in [1.807, 2.05) is 31.1 Å². The number of sulfone groups is 1. The zero-order chi connectivity index (χ0) is 21.9. The van der Waals surface area contributed by atoms with Crippen molar-refractivity contribution in [2.75, 3.05) is 44.9 Å². The van der Waals surface area contributed by atoms with Crippen LogP contribution in [0.15, 0.2) is 47.4 Å². The summed E-state index contributed by atoms with van der Waals surface area (Å²) in [6.07, 6.45) is 0. The highest BCUT2D eigenvalue weighted by atomic mass is 35.5. The zero-order valence-electron chi connectivity index (χ0n) is 16.8. The molecule has 2 aromatic carbocycles. The van der Waals surface area contributed by atoms with Gasteiger partial charge in [-0.3, -0.25) is 9.69 Å². The number of ether oxygens (including phenoxy) is 1. The number of hydrogen-bond donors (Lipinski definition) is 0. The molecule has 1 amide bonds. The van der Waals surface area contributed by atoms with Crippen LogP contribution in [-0.2, 0) is 14.6 Å². The Hall–Kier alpha value is -2.20. The molecule has 1 heterocycles. The average molecular weight is 468 g/mol. The van der Waals surface area contributed by atoms with E-state index in [0.29, 0.717) is 29.0 Å². The van der Waals surface area contributed by atoms with E-state index in [2.05, 4.69) is 4.98 Å². The Bertz CT molecular complexity index is 1140. The van der Waals surface area contributed by atoms with Gasteiger partial charge in [0.1, 0.15) is 11.5 Å². The zero-order valence-corrected chi connectivity index (χ0v) is 19.2. The van der Waals surface area contributed by atoms with Crippen LogP contribution in [-0.4, -0.2) is 64.3 Å². The van der Waals surface area contributed by atoms with Gasteiger partial charge in [0.25, 0.3) is 0 Å². The number of methoxy groups -OCH3 is 1. The molecular weight excluding hydrogens is 446 g/mol. The quantitative estimate of drug-likeness (QED) is 0.505. The molecule has 0 aliphatic heterocycles. The first-order chi connectivity index (χ1) is 14.2. The molecule has 10 heteroatoms. The normalized spacial score (nSPS) is 11.8. The maximum atomic E-state index is 13.1. The number of nitrogens with zero attached hydrogens (tertiary/aromatic N) is 3. The molecule has 160 valence electrons. The third-order valence-corrected chi connectivity index (χ3v) is 7.28. The molecule has 0 unspecified atom stereocenters. The Balaban J connectivity index is 1.91. The molecule has 0 spiro atoms. The molecule has 1 aromatic heterocycles. The number of anilines is 1. The first kappa shape index (κ1) is 22.5. The maximum absolute atomic E-state index is 13.1. The smallest absolute Gasteiger partial charge is 0.244 e. The monoisotopic (exact) mass is 467 g/mol. The predicted molar refractivity (Wildman–Crippen MR) is 121 cm³/mol. The fourth-order valence-electron chi connectivity index (χ4n) is 2.73. The van der Waals surface area contributed by atoms with Crippen molar-refractivity contribution in [2.24, 2.45) is 0 Å². The summed E-state index contributed by atoms with van der Waals surface area (Å²) in [4.78, 5) is 21.0. The second-order valence-electron chi connectivity index (χ2n) is 6.89. The van der Waals surface area contributed by atoms with Gasteiger partial charge < -0.3 is 9.64 Å². The summed E-state index contributed by atoms with van der Waals surface area (Å²) in [5.41, 5.74) is 0.721. The Morgan fingerprint density at radius 1 is 1.13 bits per heavy atom. The maximum Gasteiger partial charge on any atom is 0.244 e. The van der Waals surface area contributed by atoms with E-state index < -0.39 is 21.5 Å². The minimum Gasteiger partial charge on any atom is -0.497 e. The van der Waals surface area contributed by atoms with Crippen molar-refractivity contribution < 1.29 is 17.9 Å². The molecule has 3 aromatic rings. The van der Waals surface area contributed by atoms with Crippen molar-refractivity contribution in [1.29, 1.82) is 0 Å². The predicted octanol–water partition coefficient (Wildman–Crippen LogP) is 3.33. The van der Waals surface area contributed by atoms with E-state index in [0.717, 1.165) is 10.2 Å². The molecule has 30 heavy (non-hydrogen) atoms. The lowest BCUT2D eigenvalue weighted by Gasteiger charge is -2.22. The third kappa shape index (κ3) is 5.28. The highest BCUT2D eigenvalue weighted by molar-refractivity contribution is 7.92. The fraction of sp³-hybridized carbons (Fsp3) is 0.300. The number of aromatic nitrogens is 1. The van der Waals surface area contributed by atoms with Crippen LogP contribution in [0, 0.1) is 0 Å². The highest BCUT2D eigenvalue weighted by Crippen LogP contribution is 2.31. The summed E-state index contributed by atoms with van der Waals surface area (Å²) in [6.45, 7) is 0.880. The molecule has 0 aliphatic carbocycles. The lowest BCUT2D eigenvalue weighted by molar-refractivity contribution is -0.116. The van der Waals surface area contributed by atoms with Crippen molar-refractivity contribution >= 4 is 54.0 Å². The van der Waals surface area contributed by atoms with Crippen LogP contribution in [0.4, 0.5) is 5.13 Å². The summed E-state index contributed by atoms with van der Waals surface area (Å²) in [6, 6.07) is 11.2. The largest absolute Gasteiger partial charge is 0.497 e. The number of benzene rings is 2. The standard InChI is InChI=1S/C20H22ClN3O4S2/c1-23(2)10-11-24(20-22-17-9-6-15(28-3)12-18(17)29-20)19(25)13-30(26,27)16-7-4-14(21)5-8-16/h4-9,12H,10-11,13H2,1-3H3. The van der Waals surface area contributed by atoms with Crippen LogP contribution < -0.4 is 9.64 Å². The second-order valence-corrected chi connectivity index (χ2v) is 10.3. The number of carbonyl (C=O) groups excluding carboxylic acids is 1. The van der Waals surface area contributed by atoms with Crippen LogP contribution in [0.5, 0.6) is 5.75 Å². The Labute approximate surface area is 184 Å². The number of carbonyl (C=O) groups is 1. The topological polar surface area (TPSA) is 79.8 Å². The van der Waals surface area contributed by atoms with Crippen molar-refractivity contribution in [2.45, 2.75) is 4.90 Å². The van der Waals surface area contributed by atoms with E-state index in [1.54, 1.807) is 13.2 Å². The molecule has 3 rings (SSSR count). The van der Waals surface area contributed by atoms with E-state index in [1.165, 1.54) is 40.5 Å². The molecular formula is C20H22ClN3O4S2. The summed E-state index contributed by atoms with van der Waals surface area (Å²) in [5.74, 6) is -0.492. The number of likely N-dealkylation sites (N-methyl/N-ethyl adjacent to an activating group) is 1. The molecule has 0 saturated heterocycles. The van der Waals surface area contributed by atoms with Crippen LogP contribution in [0.1, 0.15) is 0 Å². The number of thiazole rings is 1. The van der Waals surface area contributed by atoms with Crippen LogP contribution >= 0.6 is 22.9 Å². The number of amides is 1.